The molecule has 5 heteroatoms. The average molecular weight is 271 g/mol. The van der Waals surface area contributed by atoms with Gasteiger partial charge in [0.15, 0.2) is 5.65 Å². The number of nitrogens with zero attached hydrogens (tertiary/aromatic N) is 4. The largest absolute Gasteiger partial charge is 0.356 e. The van der Waals surface area contributed by atoms with Crippen LogP contribution < -0.4 is 10.2 Å². The smallest absolute Gasteiger partial charge is 0.157 e. The first-order chi connectivity index (χ1) is 9.85. The lowest BCUT2D eigenvalue weighted by Crippen LogP contribution is -2.51. The van der Waals surface area contributed by atoms with Crippen molar-refractivity contribution in [1.82, 2.24) is 19.9 Å². The second kappa shape index (κ2) is 4.74. The Kier molecular flexibility index (Phi) is 2.88. The van der Waals surface area contributed by atoms with Crippen molar-refractivity contribution in [2.75, 3.05) is 31.1 Å². The van der Waals surface area contributed by atoms with Crippen LogP contribution in [0.2, 0.25) is 0 Å². The van der Waals surface area contributed by atoms with Crippen molar-refractivity contribution in [3.8, 4) is 0 Å². The van der Waals surface area contributed by atoms with E-state index in [9.17, 15) is 0 Å². The summed E-state index contributed by atoms with van der Waals surface area (Å²) in [6.07, 6.45) is 9.10. The van der Waals surface area contributed by atoms with Gasteiger partial charge in [0, 0.05) is 37.3 Å². The molecule has 4 rings (SSSR count). The molecule has 2 aliphatic rings. The lowest BCUT2D eigenvalue weighted by molar-refractivity contribution is 0.173. The Hall–Kier alpha value is -1.62. The molecule has 1 spiro atoms. The molecule has 0 saturated carbocycles. The number of anilines is 1. The standard InChI is InChI=1S/C15H21N5/c1-5-15(11-16-7-1)6-2-9-19(12-15)13-4-10-20-14(18-13)3-8-17-20/h3-4,8,10,16H,1-2,5-7,9,11-12H2. The molecule has 2 aliphatic heterocycles. The van der Waals surface area contributed by atoms with Crippen molar-refractivity contribution >= 4 is 11.5 Å². The van der Waals surface area contributed by atoms with Crippen LogP contribution >= 0.6 is 0 Å². The first-order valence-electron chi connectivity index (χ1n) is 7.61. The van der Waals surface area contributed by atoms with Crippen LogP contribution in [0.25, 0.3) is 5.65 Å². The zero-order valence-electron chi connectivity index (χ0n) is 11.8. The van der Waals surface area contributed by atoms with Crippen LogP contribution in [0.4, 0.5) is 5.82 Å². The molecule has 4 heterocycles. The third-order valence-corrected chi connectivity index (χ3v) is 4.79. The van der Waals surface area contributed by atoms with Gasteiger partial charge in [0.05, 0.1) is 6.20 Å². The Morgan fingerprint density at radius 3 is 3.05 bits per heavy atom. The summed E-state index contributed by atoms with van der Waals surface area (Å²) < 4.78 is 1.82. The van der Waals surface area contributed by atoms with Crippen molar-refractivity contribution in [3.63, 3.8) is 0 Å². The third-order valence-electron chi connectivity index (χ3n) is 4.79. The van der Waals surface area contributed by atoms with Gasteiger partial charge in [0.1, 0.15) is 5.82 Å². The molecule has 1 atom stereocenters. The van der Waals surface area contributed by atoms with Crippen LogP contribution in [0.3, 0.4) is 0 Å². The van der Waals surface area contributed by atoms with Crippen LogP contribution in [-0.4, -0.2) is 40.8 Å². The molecule has 1 unspecified atom stereocenters. The number of aromatic nitrogens is 3. The Balaban J connectivity index is 1.60. The maximum atomic E-state index is 4.74. The van der Waals surface area contributed by atoms with E-state index in [1.54, 1.807) is 6.20 Å². The lowest BCUT2D eigenvalue weighted by atomic mass is 9.74. The molecule has 0 aliphatic carbocycles. The highest BCUT2D eigenvalue weighted by Crippen LogP contribution is 2.37. The summed E-state index contributed by atoms with van der Waals surface area (Å²) in [5, 5.41) is 7.80. The van der Waals surface area contributed by atoms with Gasteiger partial charge < -0.3 is 10.2 Å². The summed E-state index contributed by atoms with van der Waals surface area (Å²) in [7, 11) is 0. The summed E-state index contributed by atoms with van der Waals surface area (Å²) in [6.45, 7) is 4.61. The average Bonchev–Trinajstić information content (AvgIpc) is 2.95. The topological polar surface area (TPSA) is 45.5 Å². The molecule has 2 aromatic heterocycles. The van der Waals surface area contributed by atoms with Gasteiger partial charge in [-0.25, -0.2) is 9.50 Å². The minimum Gasteiger partial charge on any atom is -0.356 e. The van der Waals surface area contributed by atoms with Gasteiger partial charge in [-0.05, 0) is 38.3 Å². The Labute approximate surface area is 119 Å². The van der Waals surface area contributed by atoms with E-state index in [4.69, 9.17) is 4.98 Å². The van der Waals surface area contributed by atoms with E-state index in [1.807, 2.05) is 16.8 Å². The lowest BCUT2D eigenvalue weighted by Gasteiger charge is -2.45. The molecule has 1 N–H and O–H groups in total. The highest BCUT2D eigenvalue weighted by atomic mass is 15.3. The van der Waals surface area contributed by atoms with Crippen LogP contribution in [-0.2, 0) is 0 Å². The molecule has 106 valence electrons. The summed E-state index contributed by atoms with van der Waals surface area (Å²) in [4.78, 5) is 7.20. The summed E-state index contributed by atoms with van der Waals surface area (Å²) >= 11 is 0. The highest BCUT2D eigenvalue weighted by Gasteiger charge is 2.36. The zero-order chi connectivity index (χ0) is 13.4. The number of nitrogens with one attached hydrogen (secondary N) is 1. The van der Waals surface area contributed by atoms with Gasteiger partial charge in [-0.2, -0.15) is 5.10 Å². The molecule has 0 aromatic carbocycles. The van der Waals surface area contributed by atoms with E-state index >= 15 is 0 Å². The van der Waals surface area contributed by atoms with Crippen molar-refractivity contribution in [2.24, 2.45) is 5.41 Å². The molecule has 2 aromatic rings. The van der Waals surface area contributed by atoms with Crippen LogP contribution in [0, 0.1) is 5.41 Å². The fourth-order valence-electron chi connectivity index (χ4n) is 3.76. The molecular formula is C15H21N5. The summed E-state index contributed by atoms with van der Waals surface area (Å²) in [5.41, 5.74) is 1.40. The maximum Gasteiger partial charge on any atom is 0.157 e. The van der Waals surface area contributed by atoms with Crippen LogP contribution in [0.15, 0.2) is 24.5 Å². The van der Waals surface area contributed by atoms with E-state index in [0.29, 0.717) is 5.41 Å². The fraction of sp³-hybridized carbons (Fsp3) is 0.600. The summed E-state index contributed by atoms with van der Waals surface area (Å²) in [6, 6.07) is 4.06. The number of fused-ring (bicyclic) bond motifs is 1. The summed E-state index contributed by atoms with van der Waals surface area (Å²) in [5.74, 6) is 1.10. The first-order valence-corrected chi connectivity index (χ1v) is 7.61. The van der Waals surface area contributed by atoms with E-state index < -0.39 is 0 Å². The molecule has 0 bridgehead atoms. The number of hydrogen-bond donors (Lipinski definition) is 1. The van der Waals surface area contributed by atoms with Crippen LogP contribution in [0.5, 0.6) is 0 Å². The SMILES string of the molecule is c1cc2nc(N3CCCC4(CCCNC4)C3)ccn2n1. The van der Waals surface area contributed by atoms with E-state index in [-0.39, 0.29) is 0 Å². The Morgan fingerprint density at radius 1 is 1.20 bits per heavy atom. The first kappa shape index (κ1) is 12.1. The molecule has 20 heavy (non-hydrogen) atoms. The number of rotatable bonds is 1. The number of piperidine rings is 2. The van der Waals surface area contributed by atoms with Crippen LogP contribution in [0.1, 0.15) is 25.7 Å². The maximum absolute atomic E-state index is 4.74. The predicted octanol–water partition coefficient (Wildman–Crippen LogP) is 1.70. The van der Waals surface area contributed by atoms with Crippen molar-refractivity contribution in [1.29, 1.82) is 0 Å². The van der Waals surface area contributed by atoms with Gasteiger partial charge >= 0.3 is 0 Å². The second-order valence-corrected chi connectivity index (χ2v) is 6.23. The monoisotopic (exact) mass is 271 g/mol. The third kappa shape index (κ3) is 2.06. The van der Waals surface area contributed by atoms with E-state index in [0.717, 1.165) is 24.6 Å². The Morgan fingerprint density at radius 2 is 2.15 bits per heavy atom. The van der Waals surface area contributed by atoms with Crippen molar-refractivity contribution in [3.05, 3.63) is 24.5 Å². The quantitative estimate of drug-likeness (QED) is 0.857. The minimum absolute atomic E-state index is 0.463. The normalized spacial score (nSPS) is 27.3. The molecule has 2 fully saturated rings. The van der Waals surface area contributed by atoms with Crippen molar-refractivity contribution in [2.45, 2.75) is 25.7 Å². The van der Waals surface area contributed by atoms with E-state index in [2.05, 4.69) is 21.4 Å². The molecular weight excluding hydrogens is 250 g/mol. The predicted molar refractivity (Wildman–Crippen MR) is 79.0 cm³/mol. The van der Waals surface area contributed by atoms with Gasteiger partial charge in [-0.1, -0.05) is 0 Å². The Bertz CT molecular complexity index is 594. The molecule has 2 saturated heterocycles. The second-order valence-electron chi connectivity index (χ2n) is 6.23. The number of hydrogen-bond acceptors (Lipinski definition) is 4. The van der Waals surface area contributed by atoms with Crippen molar-refractivity contribution < 1.29 is 0 Å². The fourth-order valence-corrected chi connectivity index (χ4v) is 3.76. The van der Waals surface area contributed by atoms with Gasteiger partial charge in [0.25, 0.3) is 0 Å². The van der Waals surface area contributed by atoms with Gasteiger partial charge in [0.2, 0.25) is 0 Å². The van der Waals surface area contributed by atoms with Gasteiger partial charge in [-0.15, -0.1) is 0 Å². The molecule has 0 amide bonds. The van der Waals surface area contributed by atoms with E-state index in [1.165, 1.54) is 38.8 Å². The van der Waals surface area contributed by atoms with Gasteiger partial charge in [-0.3, -0.25) is 0 Å². The molecule has 0 radical (unpaired) electrons. The highest BCUT2D eigenvalue weighted by molar-refractivity contribution is 5.47. The zero-order valence-corrected chi connectivity index (χ0v) is 11.8. The minimum atomic E-state index is 0.463. The molecule has 5 nitrogen and oxygen atoms in total.